The SMILES string of the molecule is Cc1ccc(C)n1-c1cccc(C(=O)OCC(=O)Nc2cccc3ccccc23)c1. The van der Waals surface area contributed by atoms with Crippen LogP contribution in [0.25, 0.3) is 16.5 Å². The number of hydrogen-bond acceptors (Lipinski definition) is 3. The summed E-state index contributed by atoms with van der Waals surface area (Å²) in [5.41, 5.74) is 4.12. The van der Waals surface area contributed by atoms with Crippen LogP contribution >= 0.6 is 0 Å². The molecule has 5 heteroatoms. The lowest BCUT2D eigenvalue weighted by Gasteiger charge is -2.12. The monoisotopic (exact) mass is 398 g/mol. The van der Waals surface area contributed by atoms with E-state index in [2.05, 4.69) is 9.88 Å². The van der Waals surface area contributed by atoms with Gasteiger partial charge in [-0.2, -0.15) is 0 Å². The van der Waals surface area contributed by atoms with E-state index >= 15 is 0 Å². The summed E-state index contributed by atoms with van der Waals surface area (Å²) >= 11 is 0. The number of hydrogen-bond donors (Lipinski definition) is 1. The third-order valence-electron chi connectivity index (χ3n) is 5.01. The van der Waals surface area contributed by atoms with Crippen molar-refractivity contribution in [2.45, 2.75) is 13.8 Å². The molecule has 0 unspecified atom stereocenters. The van der Waals surface area contributed by atoms with E-state index in [1.807, 2.05) is 74.5 Å². The minimum atomic E-state index is -0.535. The maximum atomic E-state index is 12.5. The highest BCUT2D eigenvalue weighted by molar-refractivity contribution is 6.03. The quantitative estimate of drug-likeness (QED) is 0.479. The van der Waals surface area contributed by atoms with Crippen molar-refractivity contribution in [2.75, 3.05) is 11.9 Å². The topological polar surface area (TPSA) is 60.3 Å². The zero-order valence-electron chi connectivity index (χ0n) is 16.9. The smallest absolute Gasteiger partial charge is 0.338 e. The Morgan fingerprint density at radius 1 is 0.867 bits per heavy atom. The molecule has 1 heterocycles. The van der Waals surface area contributed by atoms with Crippen LogP contribution in [0.1, 0.15) is 21.7 Å². The molecule has 3 aromatic carbocycles. The van der Waals surface area contributed by atoms with E-state index in [0.29, 0.717) is 11.3 Å². The second-order valence-electron chi connectivity index (χ2n) is 7.15. The fourth-order valence-corrected chi connectivity index (χ4v) is 3.58. The number of esters is 1. The molecule has 30 heavy (non-hydrogen) atoms. The number of aryl methyl sites for hydroxylation is 2. The number of rotatable bonds is 5. The molecule has 1 aromatic heterocycles. The molecule has 0 atom stereocenters. The lowest BCUT2D eigenvalue weighted by atomic mass is 10.1. The lowest BCUT2D eigenvalue weighted by molar-refractivity contribution is -0.119. The molecular weight excluding hydrogens is 376 g/mol. The number of ether oxygens (including phenoxy) is 1. The zero-order valence-corrected chi connectivity index (χ0v) is 16.9. The second-order valence-corrected chi connectivity index (χ2v) is 7.15. The average Bonchev–Trinajstić information content (AvgIpc) is 3.10. The molecule has 0 aliphatic carbocycles. The van der Waals surface area contributed by atoms with Crippen LogP contribution < -0.4 is 5.32 Å². The summed E-state index contributed by atoms with van der Waals surface area (Å²) in [5, 5.41) is 4.78. The number of amides is 1. The van der Waals surface area contributed by atoms with Gasteiger partial charge in [-0.3, -0.25) is 4.79 Å². The highest BCUT2D eigenvalue weighted by Crippen LogP contribution is 2.23. The van der Waals surface area contributed by atoms with Gasteiger partial charge < -0.3 is 14.6 Å². The fourth-order valence-electron chi connectivity index (χ4n) is 3.58. The van der Waals surface area contributed by atoms with Crippen molar-refractivity contribution in [1.29, 1.82) is 0 Å². The van der Waals surface area contributed by atoms with Crippen molar-refractivity contribution in [3.05, 3.63) is 95.8 Å². The van der Waals surface area contributed by atoms with Crippen LogP contribution in [0.5, 0.6) is 0 Å². The molecule has 0 radical (unpaired) electrons. The van der Waals surface area contributed by atoms with Crippen LogP contribution in [0.15, 0.2) is 78.9 Å². The van der Waals surface area contributed by atoms with Gasteiger partial charge in [0.2, 0.25) is 0 Å². The van der Waals surface area contributed by atoms with E-state index in [1.165, 1.54) is 0 Å². The third-order valence-corrected chi connectivity index (χ3v) is 5.01. The van der Waals surface area contributed by atoms with Crippen LogP contribution in [0.3, 0.4) is 0 Å². The number of benzene rings is 3. The van der Waals surface area contributed by atoms with Crippen molar-refractivity contribution in [3.63, 3.8) is 0 Å². The van der Waals surface area contributed by atoms with Gasteiger partial charge in [0, 0.05) is 28.1 Å². The Morgan fingerprint density at radius 3 is 2.37 bits per heavy atom. The van der Waals surface area contributed by atoms with Crippen molar-refractivity contribution in [2.24, 2.45) is 0 Å². The molecule has 0 saturated carbocycles. The molecule has 5 nitrogen and oxygen atoms in total. The second kappa shape index (κ2) is 8.25. The first-order valence-corrected chi connectivity index (χ1v) is 9.73. The highest BCUT2D eigenvalue weighted by atomic mass is 16.5. The van der Waals surface area contributed by atoms with Crippen molar-refractivity contribution >= 4 is 28.3 Å². The minimum Gasteiger partial charge on any atom is -0.452 e. The number of fused-ring (bicyclic) bond motifs is 1. The number of nitrogens with one attached hydrogen (secondary N) is 1. The largest absolute Gasteiger partial charge is 0.452 e. The summed E-state index contributed by atoms with van der Waals surface area (Å²) in [5.74, 6) is -0.916. The van der Waals surface area contributed by atoms with Gasteiger partial charge in [0.15, 0.2) is 6.61 Å². The molecule has 0 fully saturated rings. The molecule has 4 rings (SSSR count). The first-order valence-electron chi connectivity index (χ1n) is 9.73. The van der Waals surface area contributed by atoms with E-state index in [0.717, 1.165) is 27.8 Å². The fraction of sp³-hybridized carbons (Fsp3) is 0.120. The number of aromatic nitrogens is 1. The first kappa shape index (κ1) is 19.5. The number of nitrogens with zero attached hydrogens (tertiary/aromatic N) is 1. The molecule has 150 valence electrons. The standard InChI is InChI=1S/C25H22N2O3/c1-17-13-14-18(2)27(17)21-10-5-9-20(15-21)25(29)30-16-24(28)26-23-12-6-8-19-7-3-4-11-22(19)23/h3-15H,16H2,1-2H3,(H,26,28). The molecular formula is C25H22N2O3. The average molecular weight is 398 g/mol. The molecule has 0 aliphatic heterocycles. The molecule has 0 aliphatic rings. The summed E-state index contributed by atoms with van der Waals surface area (Å²) in [6, 6.07) is 24.7. The van der Waals surface area contributed by atoms with E-state index in [4.69, 9.17) is 4.74 Å². The minimum absolute atomic E-state index is 0.353. The molecule has 1 amide bonds. The summed E-state index contributed by atoms with van der Waals surface area (Å²) in [6.07, 6.45) is 0. The van der Waals surface area contributed by atoms with Crippen molar-refractivity contribution < 1.29 is 14.3 Å². The van der Waals surface area contributed by atoms with Gasteiger partial charge in [0.25, 0.3) is 5.91 Å². The Balaban J connectivity index is 1.43. The number of carbonyl (C=O) groups is 2. The predicted octanol–water partition coefficient (Wildman–Crippen LogP) is 5.04. The van der Waals surface area contributed by atoms with Crippen LogP contribution in [-0.4, -0.2) is 23.1 Å². The van der Waals surface area contributed by atoms with E-state index in [9.17, 15) is 9.59 Å². The summed E-state index contributed by atoms with van der Waals surface area (Å²) in [7, 11) is 0. The van der Waals surface area contributed by atoms with Gasteiger partial charge in [-0.05, 0) is 55.6 Å². The van der Waals surface area contributed by atoms with Crippen LogP contribution in [-0.2, 0) is 9.53 Å². The Bertz CT molecular complexity index is 1220. The Kier molecular flexibility index (Phi) is 5.35. The van der Waals surface area contributed by atoms with Crippen LogP contribution in [0, 0.1) is 13.8 Å². The molecule has 1 N–H and O–H groups in total. The molecule has 0 spiro atoms. The lowest BCUT2D eigenvalue weighted by Crippen LogP contribution is -2.21. The van der Waals surface area contributed by atoms with Crippen molar-refractivity contribution in [3.8, 4) is 5.69 Å². The third kappa shape index (κ3) is 3.96. The maximum Gasteiger partial charge on any atom is 0.338 e. The number of anilines is 1. The van der Waals surface area contributed by atoms with E-state index < -0.39 is 5.97 Å². The molecule has 4 aromatic rings. The molecule has 0 bridgehead atoms. The van der Waals surface area contributed by atoms with E-state index in [-0.39, 0.29) is 12.5 Å². The highest BCUT2D eigenvalue weighted by Gasteiger charge is 2.13. The summed E-state index contributed by atoms with van der Waals surface area (Å²) < 4.78 is 7.31. The van der Waals surface area contributed by atoms with Gasteiger partial charge in [0.05, 0.1) is 5.56 Å². The van der Waals surface area contributed by atoms with Crippen molar-refractivity contribution in [1.82, 2.24) is 4.57 Å². The first-order chi connectivity index (χ1) is 14.5. The Morgan fingerprint density at radius 2 is 1.57 bits per heavy atom. The van der Waals surface area contributed by atoms with Gasteiger partial charge in [0.1, 0.15) is 0 Å². The van der Waals surface area contributed by atoms with Gasteiger partial charge in [-0.25, -0.2) is 4.79 Å². The molecule has 0 saturated heterocycles. The Labute approximate surface area is 174 Å². The van der Waals surface area contributed by atoms with Gasteiger partial charge in [-0.15, -0.1) is 0 Å². The van der Waals surface area contributed by atoms with Gasteiger partial charge >= 0.3 is 5.97 Å². The number of carbonyl (C=O) groups excluding carboxylic acids is 2. The van der Waals surface area contributed by atoms with Crippen LogP contribution in [0.4, 0.5) is 5.69 Å². The predicted molar refractivity (Wildman–Crippen MR) is 118 cm³/mol. The summed E-state index contributed by atoms with van der Waals surface area (Å²) in [4.78, 5) is 24.8. The zero-order chi connectivity index (χ0) is 21.1. The normalized spacial score (nSPS) is 10.7. The van der Waals surface area contributed by atoms with E-state index in [1.54, 1.807) is 18.2 Å². The Hall–Kier alpha value is -3.86. The summed E-state index contributed by atoms with van der Waals surface area (Å²) in [6.45, 7) is 3.67. The van der Waals surface area contributed by atoms with Crippen LogP contribution in [0.2, 0.25) is 0 Å². The maximum absolute atomic E-state index is 12.5. The van der Waals surface area contributed by atoms with Gasteiger partial charge in [-0.1, -0.05) is 42.5 Å².